The minimum absolute atomic E-state index is 0.0180. The molecule has 1 amide bonds. The van der Waals surface area contributed by atoms with Crippen LogP contribution in [0.2, 0.25) is 0 Å². The summed E-state index contributed by atoms with van der Waals surface area (Å²) in [6.45, 7) is 5.10. The van der Waals surface area contributed by atoms with Gasteiger partial charge in [-0.1, -0.05) is 44.0 Å². The summed E-state index contributed by atoms with van der Waals surface area (Å²) in [6.07, 6.45) is 6.12. The van der Waals surface area contributed by atoms with E-state index in [4.69, 9.17) is 0 Å². The molecule has 2 fully saturated rings. The molecule has 1 N–H and O–H groups in total. The van der Waals surface area contributed by atoms with Crippen molar-refractivity contribution in [1.29, 1.82) is 0 Å². The van der Waals surface area contributed by atoms with Crippen molar-refractivity contribution in [2.45, 2.75) is 58.2 Å². The van der Waals surface area contributed by atoms with Gasteiger partial charge < -0.3 is 4.90 Å². The Hall–Kier alpha value is -1.35. The second-order valence-corrected chi connectivity index (χ2v) is 6.50. The van der Waals surface area contributed by atoms with Crippen molar-refractivity contribution in [2.24, 2.45) is 5.92 Å². The number of hydrogen-bond acceptors (Lipinski definition) is 2. The van der Waals surface area contributed by atoms with Crippen LogP contribution in [0, 0.1) is 12.8 Å². The molecule has 1 aromatic carbocycles. The van der Waals surface area contributed by atoms with E-state index in [0.717, 1.165) is 25.3 Å². The number of carbonyl (C=O) groups is 1. The molecule has 2 unspecified atom stereocenters. The molecular weight excluding hydrogens is 260 g/mol. The lowest BCUT2D eigenvalue weighted by Gasteiger charge is -2.25. The van der Waals surface area contributed by atoms with E-state index < -0.39 is 0 Å². The number of amides is 1. The Morgan fingerprint density at radius 2 is 2.05 bits per heavy atom. The average molecular weight is 286 g/mol. The molecule has 1 aliphatic heterocycles. The largest absolute Gasteiger partial charge is 0.322 e. The quantitative estimate of drug-likeness (QED) is 0.869. The van der Waals surface area contributed by atoms with Crippen molar-refractivity contribution in [3.63, 3.8) is 0 Å². The van der Waals surface area contributed by atoms with Gasteiger partial charge in [0.15, 0.2) is 0 Å². The average Bonchev–Trinajstić information content (AvgIpc) is 3.25. The molecule has 3 rings (SSSR count). The zero-order valence-corrected chi connectivity index (χ0v) is 13.1. The van der Waals surface area contributed by atoms with Crippen LogP contribution in [0.4, 0.5) is 0 Å². The van der Waals surface area contributed by atoms with Crippen molar-refractivity contribution < 1.29 is 4.79 Å². The highest BCUT2D eigenvalue weighted by molar-refractivity contribution is 5.84. The van der Waals surface area contributed by atoms with Gasteiger partial charge in [-0.2, -0.15) is 0 Å². The summed E-state index contributed by atoms with van der Waals surface area (Å²) in [7, 11) is 0. The third-order valence-electron chi connectivity index (χ3n) is 4.85. The highest BCUT2D eigenvalue weighted by atomic mass is 16.2. The van der Waals surface area contributed by atoms with E-state index in [-0.39, 0.29) is 18.1 Å². The van der Waals surface area contributed by atoms with Crippen molar-refractivity contribution >= 4 is 5.91 Å². The van der Waals surface area contributed by atoms with Crippen LogP contribution in [0.3, 0.4) is 0 Å². The summed E-state index contributed by atoms with van der Waals surface area (Å²) in [5, 5.41) is 3.53. The van der Waals surface area contributed by atoms with Gasteiger partial charge in [-0.15, -0.1) is 0 Å². The minimum Gasteiger partial charge on any atom is -0.322 e. The predicted octanol–water partition coefficient (Wildman–Crippen LogP) is 3.39. The molecule has 0 radical (unpaired) electrons. The Balaban J connectivity index is 1.74. The summed E-state index contributed by atoms with van der Waals surface area (Å²) < 4.78 is 0. The maximum absolute atomic E-state index is 12.6. The van der Waals surface area contributed by atoms with Gasteiger partial charge in [-0.05, 0) is 43.2 Å². The second-order valence-electron chi connectivity index (χ2n) is 6.50. The van der Waals surface area contributed by atoms with Crippen LogP contribution in [-0.4, -0.2) is 23.4 Å². The van der Waals surface area contributed by atoms with E-state index in [1.165, 1.54) is 30.4 Å². The number of aryl methyl sites for hydroxylation is 1. The molecular formula is C18H26N2O. The van der Waals surface area contributed by atoms with Crippen LogP contribution in [0.1, 0.15) is 56.3 Å². The van der Waals surface area contributed by atoms with Crippen LogP contribution in [0.15, 0.2) is 24.3 Å². The summed E-state index contributed by atoms with van der Waals surface area (Å²) in [6, 6.07) is 8.38. The summed E-state index contributed by atoms with van der Waals surface area (Å²) in [5.74, 6) is 1.22. The molecule has 1 saturated heterocycles. The van der Waals surface area contributed by atoms with Gasteiger partial charge >= 0.3 is 0 Å². The van der Waals surface area contributed by atoms with Crippen LogP contribution in [-0.2, 0) is 4.79 Å². The van der Waals surface area contributed by atoms with Crippen molar-refractivity contribution in [3.8, 4) is 0 Å². The number of carbonyl (C=O) groups excluding carboxylic acids is 1. The maximum Gasteiger partial charge on any atom is 0.241 e. The van der Waals surface area contributed by atoms with Gasteiger partial charge in [0.05, 0.1) is 6.04 Å². The summed E-state index contributed by atoms with van der Waals surface area (Å²) in [5.41, 5.74) is 2.50. The first-order valence-electron chi connectivity index (χ1n) is 8.32. The molecule has 3 nitrogen and oxygen atoms in total. The third-order valence-corrected chi connectivity index (χ3v) is 4.85. The molecule has 1 aliphatic carbocycles. The lowest BCUT2D eigenvalue weighted by Crippen LogP contribution is -2.32. The number of nitrogens with zero attached hydrogens (tertiary/aromatic N) is 1. The van der Waals surface area contributed by atoms with Gasteiger partial charge in [-0.3, -0.25) is 10.1 Å². The normalized spacial score (nSPS) is 25.6. The third kappa shape index (κ3) is 3.13. The molecule has 114 valence electrons. The Morgan fingerprint density at radius 3 is 2.71 bits per heavy atom. The molecule has 2 atom stereocenters. The highest BCUT2D eigenvalue weighted by Gasteiger charge is 2.38. The minimum atomic E-state index is -0.0180. The Morgan fingerprint density at radius 1 is 1.29 bits per heavy atom. The van der Waals surface area contributed by atoms with Gasteiger partial charge in [-0.25, -0.2) is 0 Å². The topological polar surface area (TPSA) is 32.3 Å². The monoisotopic (exact) mass is 286 g/mol. The van der Waals surface area contributed by atoms with E-state index in [1.807, 2.05) is 0 Å². The van der Waals surface area contributed by atoms with Gasteiger partial charge in [0.1, 0.15) is 6.17 Å². The fraction of sp³-hybridized carbons (Fsp3) is 0.611. The fourth-order valence-corrected chi connectivity index (χ4v) is 3.32. The van der Waals surface area contributed by atoms with E-state index in [1.54, 1.807) is 0 Å². The SMILES string of the molecule is CCC1NC(c2ccccc2C)N(CCCC2CC2)C1=O. The fourth-order valence-electron chi connectivity index (χ4n) is 3.32. The standard InChI is InChI=1S/C18H26N2O/c1-3-16-18(21)20(12-6-8-14-10-11-14)17(19-16)15-9-5-4-7-13(15)2/h4-5,7,9,14,16-17,19H,3,6,8,10-12H2,1-2H3. The molecule has 21 heavy (non-hydrogen) atoms. The molecule has 0 bridgehead atoms. The molecule has 0 spiro atoms. The predicted molar refractivity (Wildman–Crippen MR) is 84.8 cm³/mol. The Kier molecular flexibility index (Phi) is 4.29. The van der Waals surface area contributed by atoms with Crippen LogP contribution < -0.4 is 5.32 Å². The van der Waals surface area contributed by atoms with E-state index in [2.05, 4.69) is 48.3 Å². The van der Waals surface area contributed by atoms with Crippen LogP contribution in [0.5, 0.6) is 0 Å². The molecule has 1 heterocycles. The zero-order valence-electron chi connectivity index (χ0n) is 13.1. The van der Waals surface area contributed by atoms with E-state index >= 15 is 0 Å². The smallest absolute Gasteiger partial charge is 0.241 e. The van der Waals surface area contributed by atoms with Gasteiger partial charge in [0.2, 0.25) is 5.91 Å². The maximum atomic E-state index is 12.6. The Bertz CT molecular complexity index is 510. The molecule has 2 aliphatic rings. The lowest BCUT2D eigenvalue weighted by atomic mass is 10.1. The van der Waals surface area contributed by atoms with Gasteiger partial charge in [0, 0.05) is 6.54 Å². The first kappa shape index (κ1) is 14.6. The second kappa shape index (κ2) is 6.18. The summed E-state index contributed by atoms with van der Waals surface area (Å²) in [4.78, 5) is 14.7. The number of hydrogen-bond donors (Lipinski definition) is 1. The van der Waals surface area contributed by atoms with E-state index in [0.29, 0.717) is 0 Å². The first-order chi connectivity index (χ1) is 10.2. The van der Waals surface area contributed by atoms with E-state index in [9.17, 15) is 4.79 Å². The number of rotatable bonds is 6. The number of nitrogens with one attached hydrogen (secondary N) is 1. The molecule has 0 aromatic heterocycles. The number of benzene rings is 1. The molecule has 3 heteroatoms. The van der Waals surface area contributed by atoms with Gasteiger partial charge in [0.25, 0.3) is 0 Å². The lowest BCUT2D eigenvalue weighted by molar-refractivity contribution is -0.130. The van der Waals surface area contributed by atoms with Crippen molar-refractivity contribution in [2.75, 3.05) is 6.54 Å². The molecule has 1 saturated carbocycles. The van der Waals surface area contributed by atoms with Crippen molar-refractivity contribution in [1.82, 2.24) is 10.2 Å². The van der Waals surface area contributed by atoms with Crippen molar-refractivity contribution in [3.05, 3.63) is 35.4 Å². The highest BCUT2D eigenvalue weighted by Crippen LogP contribution is 2.34. The zero-order chi connectivity index (χ0) is 14.8. The molecule has 1 aromatic rings. The van der Waals surface area contributed by atoms with Crippen LogP contribution in [0.25, 0.3) is 0 Å². The first-order valence-corrected chi connectivity index (χ1v) is 8.32. The van der Waals surface area contributed by atoms with Crippen LogP contribution >= 0.6 is 0 Å². The Labute approximate surface area is 127 Å². The summed E-state index contributed by atoms with van der Waals surface area (Å²) >= 11 is 0.